The van der Waals surface area contributed by atoms with Crippen molar-refractivity contribution < 1.29 is 19.0 Å². The van der Waals surface area contributed by atoms with Gasteiger partial charge in [-0.2, -0.15) is 0 Å². The smallest absolute Gasteiger partial charge is 0.225 e. The predicted octanol–water partition coefficient (Wildman–Crippen LogP) is 3.33. The van der Waals surface area contributed by atoms with Crippen LogP contribution in [0.3, 0.4) is 0 Å². The maximum Gasteiger partial charge on any atom is 0.225 e. The minimum Gasteiger partial charge on any atom is -0.493 e. The van der Waals surface area contributed by atoms with E-state index in [1.807, 2.05) is 18.0 Å². The van der Waals surface area contributed by atoms with Gasteiger partial charge in [0.2, 0.25) is 5.91 Å². The van der Waals surface area contributed by atoms with Gasteiger partial charge in [0.25, 0.3) is 0 Å². The summed E-state index contributed by atoms with van der Waals surface area (Å²) in [6.07, 6.45) is 6.47. The molecule has 1 aromatic carbocycles. The van der Waals surface area contributed by atoms with Crippen LogP contribution in [-0.4, -0.2) is 68.8 Å². The normalized spacial score (nSPS) is 25.0. The Morgan fingerprint density at radius 1 is 1.20 bits per heavy atom. The topological polar surface area (TPSA) is 51.2 Å². The Hall–Kier alpha value is -1.79. The zero-order valence-corrected chi connectivity index (χ0v) is 18.5. The average Bonchev–Trinajstić information content (AvgIpc) is 3.25. The van der Waals surface area contributed by atoms with Gasteiger partial charge in [-0.1, -0.05) is 12.1 Å². The van der Waals surface area contributed by atoms with Crippen molar-refractivity contribution in [2.45, 2.75) is 51.2 Å². The zero-order chi connectivity index (χ0) is 20.9. The molecule has 166 valence electrons. The van der Waals surface area contributed by atoms with Crippen molar-refractivity contribution in [1.82, 2.24) is 9.80 Å². The molecule has 4 rings (SSSR count). The van der Waals surface area contributed by atoms with Gasteiger partial charge in [0, 0.05) is 44.8 Å². The molecule has 0 aromatic heterocycles. The number of ether oxygens (including phenoxy) is 3. The third-order valence-electron chi connectivity index (χ3n) is 6.82. The summed E-state index contributed by atoms with van der Waals surface area (Å²) in [4.78, 5) is 17.0. The van der Waals surface area contributed by atoms with Crippen molar-refractivity contribution in [3.8, 4) is 11.5 Å². The van der Waals surface area contributed by atoms with E-state index in [2.05, 4.69) is 17.0 Å². The standard InChI is InChI=1S/C24H36N2O4/c1-25(24(27)19-8-12-29-13-9-19)16-18-14-21(15-18)30-22-7-5-6-20(23(22)28-2)17-26-10-3-4-11-26/h5-7,18-19,21H,3-4,8-17H2,1-2H3. The molecule has 0 unspecified atom stereocenters. The van der Waals surface area contributed by atoms with E-state index >= 15 is 0 Å². The number of benzene rings is 1. The molecular weight excluding hydrogens is 380 g/mol. The van der Waals surface area contributed by atoms with E-state index in [9.17, 15) is 4.79 Å². The summed E-state index contributed by atoms with van der Waals surface area (Å²) < 4.78 is 17.4. The maximum atomic E-state index is 12.6. The lowest BCUT2D eigenvalue weighted by molar-refractivity contribution is -0.138. The molecule has 0 bridgehead atoms. The quantitative estimate of drug-likeness (QED) is 0.651. The van der Waals surface area contributed by atoms with Gasteiger partial charge in [-0.25, -0.2) is 0 Å². The van der Waals surface area contributed by atoms with Gasteiger partial charge >= 0.3 is 0 Å². The number of rotatable bonds is 8. The second-order valence-corrected chi connectivity index (χ2v) is 9.11. The molecule has 1 aromatic rings. The van der Waals surface area contributed by atoms with E-state index in [0.29, 0.717) is 19.1 Å². The van der Waals surface area contributed by atoms with Crippen LogP contribution in [0.5, 0.6) is 11.5 Å². The Kier molecular flexibility index (Phi) is 7.16. The number of methoxy groups -OCH3 is 1. The Bertz CT molecular complexity index is 707. The van der Waals surface area contributed by atoms with Crippen LogP contribution < -0.4 is 9.47 Å². The van der Waals surface area contributed by atoms with Crippen LogP contribution in [0.2, 0.25) is 0 Å². The summed E-state index contributed by atoms with van der Waals surface area (Å²) in [7, 11) is 3.67. The minimum atomic E-state index is 0.137. The van der Waals surface area contributed by atoms with E-state index in [1.165, 1.54) is 31.5 Å². The molecule has 0 atom stereocenters. The van der Waals surface area contributed by atoms with Crippen LogP contribution >= 0.6 is 0 Å². The van der Waals surface area contributed by atoms with Crippen LogP contribution in [-0.2, 0) is 16.1 Å². The van der Waals surface area contributed by atoms with Crippen LogP contribution in [0, 0.1) is 11.8 Å². The van der Waals surface area contributed by atoms with E-state index in [0.717, 1.165) is 50.3 Å². The molecule has 6 heteroatoms. The molecule has 2 heterocycles. The summed E-state index contributed by atoms with van der Waals surface area (Å²) in [5, 5.41) is 0. The molecule has 2 aliphatic heterocycles. The fourth-order valence-electron chi connectivity index (χ4n) is 5.02. The third kappa shape index (κ3) is 5.09. The predicted molar refractivity (Wildman–Crippen MR) is 116 cm³/mol. The molecule has 0 radical (unpaired) electrons. The van der Waals surface area contributed by atoms with Gasteiger partial charge in [0.1, 0.15) is 0 Å². The molecule has 0 N–H and O–H groups in total. The molecular formula is C24H36N2O4. The van der Waals surface area contributed by atoms with Gasteiger partial charge in [-0.3, -0.25) is 9.69 Å². The lowest BCUT2D eigenvalue weighted by Crippen LogP contribution is -2.44. The van der Waals surface area contributed by atoms with Crippen molar-refractivity contribution >= 4 is 5.91 Å². The number of nitrogens with zero attached hydrogens (tertiary/aromatic N) is 2. The summed E-state index contributed by atoms with van der Waals surface area (Å²) in [5.41, 5.74) is 1.20. The lowest BCUT2D eigenvalue weighted by atomic mass is 9.81. The van der Waals surface area contributed by atoms with E-state index < -0.39 is 0 Å². The van der Waals surface area contributed by atoms with Crippen LogP contribution in [0.15, 0.2) is 18.2 Å². The second-order valence-electron chi connectivity index (χ2n) is 9.11. The van der Waals surface area contributed by atoms with Crippen LogP contribution in [0.4, 0.5) is 0 Å². The van der Waals surface area contributed by atoms with Crippen molar-refractivity contribution in [3.63, 3.8) is 0 Å². The van der Waals surface area contributed by atoms with Gasteiger partial charge < -0.3 is 19.1 Å². The first kappa shape index (κ1) is 21.4. The fraction of sp³-hybridized carbons (Fsp3) is 0.708. The van der Waals surface area contributed by atoms with Gasteiger partial charge in [-0.05, 0) is 63.6 Å². The highest BCUT2D eigenvalue weighted by Crippen LogP contribution is 2.38. The maximum absolute atomic E-state index is 12.6. The third-order valence-corrected chi connectivity index (χ3v) is 6.82. The van der Waals surface area contributed by atoms with Crippen molar-refractivity contribution in [3.05, 3.63) is 23.8 Å². The first-order chi connectivity index (χ1) is 14.6. The summed E-state index contributed by atoms with van der Waals surface area (Å²) >= 11 is 0. The first-order valence-corrected chi connectivity index (χ1v) is 11.5. The Morgan fingerprint density at radius 2 is 1.93 bits per heavy atom. The molecule has 2 saturated heterocycles. The largest absolute Gasteiger partial charge is 0.493 e. The van der Waals surface area contributed by atoms with Gasteiger partial charge in [-0.15, -0.1) is 0 Å². The second kappa shape index (κ2) is 10.0. The molecule has 3 aliphatic rings. The summed E-state index contributed by atoms with van der Waals surface area (Å²) in [6, 6.07) is 6.23. The molecule has 1 amide bonds. The van der Waals surface area contributed by atoms with E-state index in [1.54, 1.807) is 7.11 Å². The number of hydrogen-bond acceptors (Lipinski definition) is 5. The number of carbonyl (C=O) groups is 1. The zero-order valence-electron chi connectivity index (χ0n) is 18.5. The summed E-state index contributed by atoms with van der Waals surface area (Å²) in [5.74, 6) is 2.66. The van der Waals surface area contributed by atoms with Crippen LogP contribution in [0.25, 0.3) is 0 Å². The molecule has 1 saturated carbocycles. The highest BCUT2D eigenvalue weighted by Gasteiger charge is 2.34. The monoisotopic (exact) mass is 416 g/mol. The first-order valence-electron chi connectivity index (χ1n) is 11.5. The number of carbonyl (C=O) groups excluding carboxylic acids is 1. The van der Waals surface area contributed by atoms with Crippen molar-refractivity contribution in [2.24, 2.45) is 11.8 Å². The molecule has 6 nitrogen and oxygen atoms in total. The van der Waals surface area contributed by atoms with E-state index in [4.69, 9.17) is 14.2 Å². The lowest BCUT2D eigenvalue weighted by Gasteiger charge is -2.38. The van der Waals surface area contributed by atoms with Crippen molar-refractivity contribution in [2.75, 3.05) is 47.0 Å². The number of para-hydroxylation sites is 1. The number of amides is 1. The SMILES string of the molecule is COc1c(CN2CCCC2)cccc1OC1CC(CN(C)C(=O)C2CCOCC2)C1. The Balaban J connectivity index is 1.26. The van der Waals surface area contributed by atoms with E-state index in [-0.39, 0.29) is 17.9 Å². The molecule has 0 spiro atoms. The molecule has 3 fully saturated rings. The fourth-order valence-corrected chi connectivity index (χ4v) is 5.02. The van der Waals surface area contributed by atoms with Gasteiger partial charge in [0.15, 0.2) is 11.5 Å². The molecule has 30 heavy (non-hydrogen) atoms. The Labute approximate surface area is 180 Å². The average molecular weight is 417 g/mol. The van der Waals surface area contributed by atoms with Gasteiger partial charge in [0.05, 0.1) is 13.2 Å². The molecule has 1 aliphatic carbocycles. The Morgan fingerprint density at radius 3 is 2.63 bits per heavy atom. The number of hydrogen-bond donors (Lipinski definition) is 0. The van der Waals surface area contributed by atoms with Crippen molar-refractivity contribution in [1.29, 1.82) is 0 Å². The minimum absolute atomic E-state index is 0.137. The highest BCUT2D eigenvalue weighted by molar-refractivity contribution is 5.78. The van der Waals surface area contributed by atoms with Crippen LogP contribution in [0.1, 0.15) is 44.1 Å². The highest BCUT2D eigenvalue weighted by atomic mass is 16.5. The number of likely N-dealkylation sites (tertiary alicyclic amines) is 1. The summed E-state index contributed by atoms with van der Waals surface area (Å²) in [6.45, 7) is 5.50.